The summed E-state index contributed by atoms with van der Waals surface area (Å²) in [5.74, 6) is 0. The molecule has 0 aliphatic heterocycles. The van der Waals surface area contributed by atoms with Gasteiger partial charge in [-0.25, -0.2) is 5.21 Å². The molecule has 1 aromatic carbocycles. The first-order valence-corrected chi connectivity index (χ1v) is 3.77. The first-order chi connectivity index (χ1) is 4.74. The van der Waals surface area contributed by atoms with E-state index in [-0.39, 0.29) is 0 Å². The van der Waals surface area contributed by atoms with Crippen LogP contribution in [0.4, 0.5) is 5.69 Å². The minimum Gasteiger partial charge on any atom is -0.215 e. The average Bonchev–Trinajstić information content (AvgIpc) is 1.94. The topological polar surface area (TPSA) is 36.8 Å². The SMILES string of the molecule is Cc1ccc(Br)cc1[NH2+]O. The number of hydrogen-bond donors (Lipinski definition) is 2. The van der Waals surface area contributed by atoms with Gasteiger partial charge in [0.25, 0.3) is 0 Å². The van der Waals surface area contributed by atoms with Crippen LogP contribution in [0.3, 0.4) is 0 Å². The summed E-state index contributed by atoms with van der Waals surface area (Å²) in [5.41, 5.74) is 3.04. The molecule has 0 spiro atoms. The molecular formula is C7H9BrNO+. The quantitative estimate of drug-likeness (QED) is 0.524. The van der Waals surface area contributed by atoms with Gasteiger partial charge < -0.3 is 0 Å². The van der Waals surface area contributed by atoms with Gasteiger partial charge in [0.05, 0.1) is 0 Å². The average molecular weight is 203 g/mol. The number of hydrogen-bond acceptors (Lipinski definition) is 1. The van der Waals surface area contributed by atoms with Crippen molar-refractivity contribution in [3.8, 4) is 0 Å². The van der Waals surface area contributed by atoms with E-state index in [2.05, 4.69) is 15.9 Å². The van der Waals surface area contributed by atoms with E-state index in [1.54, 1.807) is 0 Å². The molecule has 0 radical (unpaired) electrons. The van der Waals surface area contributed by atoms with Crippen molar-refractivity contribution >= 4 is 21.6 Å². The fourth-order valence-electron chi connectivity index (χ4n) is 0.750. The fraction of sp³-hybridized carbons (Fsp3) is 0.143. The predicted molar refractivity (Wildman–Crippen MR) is 42.3 cm³/mol. The molecule has 3 N–H and O–H groups in total. The maximum Gasteiger partial charge on any atom is 0.165 e. The molecule has 1 rings (SSSR count). The van der Waals surface area contributed by atoms with Crippen molar-refractivity contribution in [1.82, 2.24) is 0 Å². The molecule has 0 bridgehead atoms. The molecule has 0 aromatic heterocycles. The van der Waals surface area contributed by atoms with Crippen LogP contribution in [0.1, 0.15) is 5.56 Å². The van der Waals surface area contributed by atoms with Crippen LogP contribution in [-0.2, 0) is 0 Å². The second-order valence-corrected chi connectivity index (χ2v) is 3.05. The molecule has 10 heavy (non-hydrogen) atoms. The second kappa shape index (κ2) is 3.14. The molecular weight excluding hydrogens is 194 g/mol. The minimum absolute atomic E-state index is 0.856. The molecule has 3 heteroatoms. The lowest BCUT2D eigenvalue weighted by Gasteiger charge is -1.97. The molecule has 1 aromatic rings. The molecule has 0 saturated carbocycles. The fourth-order valence-corrected chi connectivity index (χ4v) is 1.13. The van der Waals surface area contributed by atoms with Crippen LogP contribution in [0.5, 0.6) is 0 Å². The van der Waals surface area contributed by atoms with Crippen molar-refractivity contribution in [3.63, 3.8) is 0 Å². The number of halogens is 1. The van der Waals surface area contributed by atoms with Crippen LogP contribution >= 0.6 is 15.9 Å². The van der Waals surface area contributed by atoms with Crippen molar-refractivity contribution in [2.75, 3.05) is 0 Å². The lowest BCUT2D eigenvalue weighted by atomic mass is 10.2. The van der Waals surface area contributed by atoms with Crippen molar-refractivity contribution in [2.24, 2.45) is 0 Å². The van der Waals surface area contributed by atoms with Gasteiger partial charge in [-0.15, -0.1) is 0 Å². The Morgan fingerprint density at radius 1 is 1.50 bits per heavy atom. The van der Waals surface area contributed by atoms with E-state index in [9.17, 15) is 0 Å². The summed E-state index contributed by atoms with van der Waals surface area (Å²) in [6.45, 7) is 1.95. The third-order valence-corrected chi connectivity index (χ3v) is 1.87. The van der Waals surface area contributed by atoms with Gasteiger partial charge in [0, 0.05) is 16.1 Å². The Morgan fingerprint density at radius 3 is 2.70 bits per heavy atom. The van der Waals surface area contributed by atoms with Crippen molar-refractivity contribution < 1.29 is 10.7 Å². The summed E-state index contributed by atoms with van der Waals surface area (Å²) in [6, 6.07) is 5.77. The first-order valence-electron chi connectivity index (χ1n) is 2.97. The molecule has 0 atom stereocenters. The molecule has 0 amide bonds. The van der Waals surface area contributed by atoms with Crippen LogP contribution in [-0.4, -0.2) is 5.21 Å². The molecule has 0 unspecified atom stereocenters. The highest BCUT2D eigenvalue weighted by atomic mass is 79.9. The van der Waals surface area contributed by atoms with Gasteiger partial charge in [0.15, 0.2) is 5.69 Å². The van der Waals surface area contributed by atoms with Gasteiger partial charge in [-0.1, -0.05) is 22.0 Å². The number of rotatable bonds is 1. The van der Waals surface area contributed by atoms with Crippen molar-refractivity contribution in [1.29, 1.82) is 0 Å². The molecule has 0 saturated heterocycles. The number of aryl methyl sites for hydroxylation is 1. The zero-order valence-electron chi connectivity index (χ0n) is 5.63. The Labute approximate surface area is 68.0 Å². The van der Waals surface area contributed by atoms with Crippen LogP contribution in [0.25, 0.3) is 0 Å². The van der Waals surface area contributed by atoms with Crippen LogP contribution in [0.15, 0.2) is 22.7 Å². The minimum atomic E-state index is 0.856. The highest BCUT2D eigenvalue weighted by Crippen LogP contribution is 2.15. The van der Waals surface area contributed by atoms with Crippen LogP contribution in [0.2, 0.25) is 0 Å². The lowest BCUT2D eigenvalue weighted by Crippen LogP contribution is -2.74. The highest BCUT2D eigenvalue weighted by molar-refractivity contribution is 9.10. The van der Waals surface area contributed by atoms with Gasteiger partial charge in [0.2, 0.25) is 0 Å². The predicted octanol–water partition coefficient (Wildman–Crippen LogP) is 1.34. The standard InChI is InChI=1S/C7H8BrNO/c1-5-2-3-6(8)4-7(5)9-10/h2-4,9-10H,1H3/p+1. The largest absolute Gasteiger partial charge is 0.215 e. The van der Waals surface area contributed by atoms with E-state index in [1.165, 1.54) is 0 Å². The maximum absolute atomic E-state index is 8.70. The second-order valence-electron chi connectivity index (χ2n) is 2.13. The third-order valence-electron chi connectivity index (χ3n) is 1.38. The van der Waals surface area contributed by atoms with Crippen LogP contribution < -0.4 is 5.48 Å². The number of nitrogens with two attached hydrogens (primary N) is 1. The van der Waals surface area contributed by atoms with Crippen molar-refractivity contribution in [2.45, 2.75) is 6.92 Å². The summed E-state index contributed by atoms with van der Waals surface area (Å²) < 4.78 is 0.985. The maximum atomic E-state index is 8.70. The van der Waals surface area contributed by atoms with E-state index < -0.39 is 0 Å². The number of benzene rings is 1. The summed E-state index contributed by atoms with van der Waals surface area (Å²) in [6.07, 6.45) is 0. The molecule has 2 nitrogen and oxygen atoms in total. The highest BCUT2D eigenvalue weighted by Gasteiger charge is 1.99. The summed E-state index contributed by atoms with van der Waals surface area (Å²) in [7, 11) is 0. The molecule has 0 aliphatic carbocycles. The van der Waals surface area contributed by atoms with Gasteiger partial charge >= 0.3 is 0 Å². The summed E-state index contributed by atoms with van der Waals surface area (Å²) in [4.78, 5) is 0. The first kappa shape index (κ1) is 7.72. The Kier molecular flexibility index (Phi) is 2.43. The van der Waals surface area contributed by atoms with E-state index >= 15 is 0 Å². The normalized spacial score (nSPS) is 9.90. The Hall–Kier alpha value is -0.380. The zero-order chi connectivity index (χ0) is 7.56. The van der Waals surface area contributed by atoms with Gasteiger partial charge in [-0.2, -0.15) is 5.48 Å². The molecule has 0 fully saturated rings. The van der Waals surface area contributed by atoms with Gasteiger partial charge in [0.1, 0.15) is 0 Å². The van der Waals surface area contributed by atoms with Gasteiger partial charge in [-0.3, -0.25) is 0 Å². The van der Waals surface area contributed by atoms with E-state index in [0.717, 1.165) is 21.2 Å². The Balaban J connectivity index is 3.09. The van der Waals surface area contributed by atoms with Crippen LogP contribution in [0, 0.1) is 6.92 Å². The van der Waals surface area contributed by atoms with E-state index in [4.69, 9.17) is 5.21 Å². The van der Waals surface area contributed by atoms with E-state index in [0.29, 0.717) is 0 Å². The third kappa shape index (κ3) is 1.56. The summed E-state index contributed by atoms with van der Waals surface area (Å²) >= 11 is 3.31. The summed E-state index contributed by atoms with van der Waals surface area (Å²) in [5, 5.41) is 8.70. The Bertz CT molecular complexity index is 237. The van der Waals surface area contributed by atoms with Gasteiger partial charge in [-0.05, 0) is 13.0 Å². The smallest absolute Gasteiger partial charge is 0.165 e. The lowest BCUT2D eigenvalue weighted by molar-refractivity contribution is -0.826. The monoisotopic (exact) mass is 202 g/mol. The van der Waals surface area contributed by atoms with E-state index in [1.807, 2.05) is 25.1 Å². The number of quaternary nitrogens is 1. The molecule has 54 valence electrons. The Morgan fingerprint density at radius 2 is 2.20 bits per heavy atom. The van der Waals surface area contributed by atoms with Crippen molar-refractivity contribution in [3.05, 3.63) is 28.2 Å². The zero-order valence-corrected chi connectivity index (χ0v) is 7.22. The molecule has 0 heterocycles. The molecule has 0 aliphatic rings.